The highest BCUT2D eigenvalue weighted by atomic mass is 35.5. The van der Waals surface area contributed by atoms with Gasteiger partial charge in [0.1, 0.15) is 4.90 Å². The zero-order chi connectivity index (χ0) is 19.9. The van der Waals surface area contributed by atoms with E-state index in [1.165, 1.54) is 29.3 Å². The summed E-state index contributed by atoms with van der Waals surface area (Å²) in [7, 11) is -4.14. The molecule has 2 aromatic carbocycles. The summed E-state index contributed by atoms with van der Waals surface area (Å²) in [5.41, 5.74) is 1.10. The quantitative estimate of drug-likeness (QED) is 0.560. The van der Waals surface area contributed by atoms with Gasteiger partial charge in [0.2, 0.25) is 0 Å². The Morgan fingerprint density at radius 3 is 2.29 bits per heavy atom. The van der Waals surface area contributed by atoms with Gasteiger partial charge in [-0.1, -0.05) is 47.5 Å². The van der Waals surface area contributed by atoms with Crippen LogP contribution in [0.3, 0.4) is 0 Å². The predicted octanol–water partition coefficient (Wildman–Crippen LogP) is 4.72. The molecule has 4 rings (SSSR count). The fourth-order valence-electron chi connectivity index (χ4n) is 3.00. The van der Waals surface area contributed by atoms with Crippen molar-refractivity contribution in [3.63, 3.8) is 0 Å². The third kappa shape index (κ3) is 3.11. The normalized spacial score (nSPS) is 15.4. The van der Waals surface area contributed by atoms with E-state index in [2.05, 4.69) is 4.98 Å². The van der Waals surface area contributed by atoms with Gasteiger partial charge in [-0.05, 0) is 42.0 Å². The van der Waals surface area contributed by atoms with Crippen molar-refractivity contribution in [2.75, 3.05) is 9.21 Å². The molecule has 28 heavy (non-hydrogen) atoms. The Morgan fingerprint density at radius 1 is 0.893 bits per heavy atom. The molecular weight excluding hydrogens is 421 g/mol. The van der Waals surface area contributed by atoms with Crippen LogP contribution in [-0.4, -0.2) is 19.4 Å². The number of carbonyl (C=O) groups is 1. The topological polar surface area (TPSA) is 70.6 Å². The molecule has 0 unspecified atom stereocenters. The summed E-state index contributed by atoms with van der Waals surface area (Å²) in [6.07, 6.45) is 1.42. The first-order valence-electron chi connectivity index (χ1n) is 8.20. The third-order valence-electron chi connectivity index (χ3n) is 4.29. The average Bonchev–Trinajstić information content (AvgIpc) is 2.68. The average molecular weight is 434 g/mol. The fraction of sp³-hybridized carbons (Fsp3) is 0.0526. The molecule has 0 bridgehead atoms. The zero-order valence-electron chi connectivity index (χ0n) is 14.3. The molecule has 0 aliphatic carbocycles. The number of halogens is 2. The van der Waals surface area contributed by atoms with Gasteiger partial charge in [-0.3, -0.25) is 4.90 Å². The van der Waals surface area contributed by atoms with E-state index in [0.29, 0.717) is 15.0 Å². The van der Waals surface area contributed by atoms with Crippen molar-refractivity contribution in [2.24, 2.45) is 0 Å². The van der Waals surface area contributed by atoms with Crippen molar-refractivity contribution in [3.05, 3.63) is 82.6 Å². The number of rotatable bonds is 3. The van der Waals surface area contributed by atoms with Gasteiger partial charge in [0.15, 0.2) is 5.15 Å². The van der Waals surface area contributed by atoms with Crippen LogP contribution >= 0.6 is 23.2 Å². The number of fused-ring (bicyclic) bond motifs is 1. The number of carbonyl (C=O) groups excluding carboxylic acids is 1. The number of urea groups is 1. The molecule has 6 nitrogen and oxygen atoms in total. The molecule has 0 fully saturated rings. The highest BCUT2D eigenvalue weighted by Gasteiger charge is 2.43. The third-order valence-corrected chi connectivity index (χ3v) is 6.57. The largest absolute Gasteiger partial charge is 0.343 e. The van der Waals surface area contributed by atoms with Gasteiger partial charge < -0.3 is 0 Å². The van der Waals surface area contributed by atoms with Gasteiger partial charge in [-0.2, -0.15) is 4.31 Å². The number of para-hydroxylation sites is 1. The number of sulfonamides is 1. The molecule has 0 N–H and O–H groups in total. The van der Waals surface area contributed by atoms with Crippen LogP contribution in [0.25, 0.3) is 0 Å². The molecule has 3 aromatic rings. The lowest BCUT2D eigenvalue weighted by Crippen LogP contribution is -2.50. The number of nitrogens with zero attached hydrogens (tertiary/aromatic N) is 3. The number of amides is 2. The lowest BCUT2D eigenvalue weighted by molar-refractivity contribution is 0.253. The Hall–Kier alpha value is -2.61. The SMILES string of the molecule is O=C1N(Cc2ccc(Cl)cc2)c2ccccc2S(=O)(=O)N1c1cccnc1Cl. The first-order valence-corrected chi connectivity index (χ1v) is 10.4. The minimum absolute atomic E-state index is 0.00442. The molecule has 0 atom stereocenters. The van der Waals surface area contributed by atoms with Gasteiger partial charge in [-0.25, -0.2) is 18.2 Å². The smallest absolute Gasteiger partial charge is 0.287 e. The van der Waals surface area contributed by atoms with Crippen molar-refractivity contribution in [1.29, 1.82) is 0 Å². The van der Waals surface area contributed by atoms with Crippen LogP contribution in [0.1, 0.15) is 5.56 Å². The first kappa shape index (κ1) is 18.7. The predicted molar refractivity (Wildman–Crippen MR) is 108 cm³/mol. The second-order valence-electron chi connectivity index (χ2n) is 6.05. The second kappa shape index (κ2) is 7.09. The molecule has 9 heteroatoms. The number of aromatic nitrogens is 1. The summed E-state index contributed by atoms with van der Waals surface area (Å²) in [5, 5.41) is 0.491. The molecule has 1 aliphatic rings. The van der Waals surface area contributed by atoms with Gasteiger partial charge in [0, 0.05) is 11.2 Å². The molecule has 142 valence electrons. The van der Waals surface area contributed by atoms with Crippen LogP contribution in [0.5, 0.6) is 0 Å². The molecule has 0 saturated heterocycles. The van der Waals surface area contributed by atoms with E-state index in [9.17, 15) is 13.2 Å². The summed E-state index contributed by atoms with van der Waals surface area (Å²) in [6.45, 7) is 0.164. The number of anilines is 2. The summed E-state index contributed by atoms with van der Waals surface area (Å²) >= 11 is 12.0. The van der Waals surface area contributed by atoms with Crippen molar-refractivity contribution in [1.82, 2.24) is 4.98 Å². The maximum atomic E-state index is 13.3. The molecule has 0 radical (unpaired) electrons. The lowest BCUT2D eigenvalue weighted by atomic mass is 10.2. The summed E-state index contributed by atoms with van der Waals surface area (Å²) in [5.74, 6) is 0. The lowest BCUT2D eigenvalue weighted by Gasteiger charge is -2.36. The van der Waals surface area contributed by atoms with E-state index in [4.69, 9.17) is 23.2 Å². The van der Waals surface area contributed by atoms with E-state index < -0.39 is 16.1 Å². The standard InChI is InChI=1S/C19H13Cl2N3O3S/c20-14-9-7-13(8-10-14)12-23-15-4-1-2-6-17(15)28(26,27)24(19(23)25)16-5-3-11-22-18(16)21/h1-11H,12H2. The van der Waals surface area contributed by atoms with Crippen LogP contribution in [0.15, 0.2) is 71.8 Å². The maximum absolute atomic E-state index is 13.3. The van der Waals surface area contributed by atoms with Crippen LogP contribution in [0.2, 0.25) is 10.2 Å². The molecule has 2 amide bonds. The summed E-state index contributed by atoms with van der Waals surface area (Å²) < 4.78 is 27.1. The van der Waals surface area contributed by atoms with E-state index in [0.717, 1.165) is 5.56 Å². The second-order valence-corrected chi connectivity index (χ2v) is 8.60. The summed E-state index contributed by atoms with van der Waals surface area (Å²) in [6, 6.07) is 15.6. The van der Waals surface area contributed by atoms with Crippen LogP contribution in [0, 0.1) is 0 Å². The Kier molecular flexibility index (Phi) is 4.74. The molecule has 1 aromatic heterocycles. The van der Waals surface area contributed by atoms with Crippen LogP contribution in [-0.2, 0) is 16.6 Å². The van der Waals surface area contributed by atoms with Crippen LogP contribution < -0.4 is 9.21 Å². The van der Waals surface area contributed by atoms with Crippen molar-refractivity contribution in [2.45, 2.75) is 11.4 Å². The maximum Gasteiger partial charge on any atom is 0.343 e. The molecule has 0 spiro atoms. The fourth-order valence-corrected chi connectivity index (χ4v) is 4.98. The van der Waals surface area contributed by atoms with Gasteiger partial charge >= 0.3 is 6.03 Å². The van der Waals surface area contributed by atoms with Crippen molar-refractivity contribution >= 4 is 50.6 Å². The van der Waals surface area contributed by atoms with E-state index in [1.54, 1.807) is 42.5 Å². The Balaban J connectivity index is 1.88. The summed E-state index contributed by atoms with van der Waals surface area (Å²) in [4.78, 5) is 18.6. The minimum atomic E-state index is -4.14. The number of hydrogen-bond acceptors (Lipinski definition) is 4. The Bertz CT molecular complexity index is 1170. The molecular formula is C19H13Cl2N3O3S. The Labute approximate surface area is 172 Å². The van der Waals surface area contributed by atoms with Crippen LogP contribution in [0.4, 0.5) is 16.2 Å². The highest BCUT2D eigenvalue weighted by molar-refractivity contribution is 7.94. The van der Waals surface area contributed by atoms with Crippen molar-refractivity contribution < 1.29 is 13.2 Å². The molecule has 1 aliphatic heterocycles. The highest BCUT2D eigenvalue weighted by Crippen LogP contribution is 2.39. The van der Waals surface area contributed by atoms with E-state index >= 15 is 0 Å². The molecule has 0 saturated carbocycles. The first-order chi connectivity index (χ1) is 13.4. The Morgan fingerprint density at radius 2 is 1.57 bits per heavy atom. The number of pyridine rings is 1. The van der Waals surface area contributed by atoms with Gasteiger partial charge in [0.05, 0.1) is 17.9 Å². The monoisotopic (exact) mass is 433 g/mol. The zero-order valence-corrected chi connectivity index (χ0v) is 16.6. The number of benzene rings is 2. The minimum Gasteiger partial charge on any atom is -0.287 e. The molecule has 2 heterocycles. The van der Waals surface area contributed by atoms with E-state index in [-0.39, 0.29) is 22.3 Å². The number of hydrogen-bond donors (Lipinski definition) is 0. The van der Waals surface area contributed by atoms with E-state index in [1.807, 2.05) is 0 Å². The van der Waals surface area contributed by atoms with Crippen molar-refractivity contribution in [3.8, 4) is 0 Å². The van der Waals surface area contributed by atoms with Gasteiger partial charge in [-0.15, -0.1) is 0 Å². The van der Waals surface area contributed by atoms with Gasteiger partial charge in [0.25, 0.3) is 10.0 Å².